The lowest BCUT2D eigenvalue weighted by Crippen LogP contribution is -2.45. The quantitative estimate of drug-likeness (QED) is 0.592. The van der Waals surface area contributed by atoms with Crippen molar-refractivity contribution in [2.24, 2.45) is 5.92 Å². The fraction of sp³-hybridized carbons (Fsp3) is 0.435. The first kappa shape index (κ1) is 19.8. The van der Waals surface area contributed by atoms with Crippen LogP contribution in [-0.4, -0.2) is 22.1 Å². The van der Waals surface area contributed by atoms with Crippen molar-refractivity contribution in [1.82, 2.24) is 9.55 Å². The van der Waals surface area contributed by atoms with E-state index in [-0.39, 0.29) is 12.2 Å². The SMILES string of the molecule is CCOC(=O)C(C)(C)n1c(-c2ccccc2)nc2sc3c(c2c1=O)CCC(C)C3. The number of rotatable bonds is 4. The highest BCUT2D eigenvalue weighted by molar-refractivity contribution is 7.18. The molecule has 0 saturated carbocycles. The van der Waals surface area contributed by atoms with Gasteiger partial charge in [-0.05, 0) is 51.5 Å². The third kappa shape index (κ3) is 3.29. The zero-order valence-electron chi connectivity index (χ0n) is 17.3. The van der Waals surface area contributed by atoms with E-state index in [4.69, 9.17) is 9.72 Å². The number of benzene rings is 1. The number of aryl methyl sites for hydroxylation is 1. The molecule has 152 valence electrons. The van der Waals surface area contributed by atoms with Crippen molar-refractivity contribution in [3.63, 3.8) is 0 Å². The summed E-state index contributed by atoms with van der Waals surface area (Å²) in [5.41, 5.74) is 0.604. The highest BCUT2D eigenvalue weighted by atomic mass is 32.1. The van der Waals surface area contributed by atoms with E-state index in [9.17, 15) is 9.59 Å². The number of thiophene rings is 1. The van der Waals surface area contributed by atoms with Gasteiger partial charge in [-0.3, -0.25) is 9.36 Å². The highest BCUT2D eigenvalue weighted by Gasteiger charge is 2.37. The summed E-state index contributed by atoms with van der Waals surface area (Å²) in [5, 5.41) is 0.675. The Morgan fingerprint density at radius 2 is 2.03 bits per heavy atom. The van der Waals surface area contributed by atoms with Crippen LogP contribution in [0.3, 0.4) is 0 Å². The molecule has 2 aromatic heterocycles. The van der Waals surface area contributed by atoms with Crippen LogP contribution in [0.1, 0.15) is 44.6 Å². The van der Waals surface area contributed by atoms with Gasteiger partial charge < -0.3 is 4.74 Å². The Morgan fingerprint density at radius 3 is 2.72 bits per heavy atom. The van der Waals surface area contributed by atoms with E-state index in [1.54, 1.807) is 32.1 Å². The van der Waals surface area contributed by atoms with E-state index >= 15 is 0 Å². The number of carbonyl (C=O) groups excluding carboxylic acids is 1. The second-order valence-electron chi connectivity index (χ2n) is 8.25. The van der Waals surface area contributed by atoms with Crippen molar-refractivity contribution in [2.75, 3.05) is 6.61 Å². The molecule has 0 aliphatic heterocycles. The first-order valence-electron chi connectivity index (χ1n) is 10.1. The van der Waals surface area contributed by atoms with Gasteiger partial charge in [-0.2, -0.15) is 0 Å². The maximum absolute atomic E-state index is 13.8. The lowest BCUT2D eigenvalue weighted by Gasteiger charge is -2.28. The summed E-state index contributed by atoms with van der Waals surface area (Å²) in [6.07, 6.45) is 2.94. The number of esters is 1. The lowest BCUT2D eigenvalue weighted by atomic mass is 9.89. The van der Waals surface area contributed by atoms with Crippen LogP contribution in [0.4, 0.5) is 0 Å². The molecule has 1 aliphatic carbocycles. The van der Waals surface area contributed by atoms with Crippen LogP contribution in [-0.2, 0) is 27.9 Å². The minimum absolute atomic E-state index is 0.154. The van der Waals surface area contributed by atoms with Crippen LogP contribution >= 0.6 is 11.3 Å². The summed E-state index contributed by atoms with van der Waals surface area (Å²) < 4.78 is 6.84. The number of hydrogen-bond donors (Lipinski definition) is 0. The average Bonchev–Trinajstić information content (AvgIpc) is 3.06. The van der Waals surface area contributed by atoms with Crippen LogP contribution in [0.5, 0.6) is 0 Å². The Balaban J connectivity index is 2.05. The number of fused-ring (bicyclic) bond motifs is 3. The molecule has 1 unspecified atom stereocenters. The lowest BCUT2D eigenvalue weighted by molar-refractivity contribution is -0.152. The van der Waals surface area contributed by atoms with Gasteiger partial charge in [-0.15, -0.1) is 11.3 Å². The Hall–Kier alpha value is -2.47. The summed E-state index contributed by atoms with van der Waals surface area (Å²) in [7, 11) is 0. The molecular weight excluding hydrogens is 384 g/mol. The molecule has 4 rings (SSSR count). The molecule has 2 heterocycles. The number of ether oxygens (including phenoxy) is 1. The van der Waals surface area contributed by atoms with Gasteiger partial charge in [0.2, 0.25) is 0 Å². The molecule has 6 heteroatoms. The van der Waals surface area contributed by atoms with E-state index in [1.165, 1.54) is 9.44 Å². The van der Waals surface area contributed by atoms with E-state index < -0.39 is 11.5 Å². The van der Waals surface area contributed by atoms with E-state index in [0.717, 1.165) is 35.2 Å². The van der Waals surface area contributed by atoms with Gasteiger partial charge >= 0.3 is 5.97 Å². The van der Waals surface area contributed by atoms with Crippen molar-refractivity contribution in [3.05, 3.63) is 51.1 Å². The second-order valence-corrected chi connectivity index (χ2v) is 9.34. The van der Waals surface area contributed by atoms with Crippen molar-refractivity contribution in [1.29, 1.82) is 0 Å². The second kappa shape index (κ2) is 7.41. The molecule has 5 nitrogen and oxygen atoms in total. The molecule has 0 spiro atoms. The predicted molar refractivity (Wildman–Crippen MR) is 116 cm³/mol. The molecule has 3 aromatic rings. The van der Waals surface area contributed by atoms with Crippen LogP contribution in [0.25, 0.3) is 21.6 Å². The van der Waals surface area contributed by atoms with Gasteiger partial charge in [0.15, 0.2) is 0 Å². The zero-order chi connectivity index (χ0) is 20.8. The van der Waals surface area contributed by atoms with Gasteiger partial charge in [0.1, 0.15) is 16.2 Å². The van der Waals surface area contributed by atoms with Crippen molar-refractivity contribution < 1.29 is 9.53 Å². The normalized spacial score (nSPS) is 16.6. The monoisotopic (exact) mass is 410 g/mol. The van der Waals surface area contributed by atoms with Crippen LogP contribution in [0.15, 0.2) is 35.1 Å². The van der Waals surface area contributed by atoms with Crippen LogP contribution in [0, 0.1) is 5.92 Å². The Kier molecular flexibility index (Phi) is 5.07. The van der Waals surface area contributed by atoms with E-state index in [1.807, 2.05) is 30.3 Å². The summed E-state index contributed by atoms with van der Waals surface area (Å²) >= 11 is 1.62. The molecule has 0 saturated heterocycles. The molecule has 0 bridgehead atoms. The minimum atomic E-state index is -1.17. The molecule has 1 aliphatic rings. The van der Waals surface area contributed by atoms with Gasteiger partial charge in [0.25, 0.3) is 5.56 Å². The Bertz CT molecular complexity index is 1130. The molecule has 1 aromatic carbocycles. The number of carbonyl (C=O) groups is 1. The van der Waals surface area contributed by atoms with Crippen molar-refractivity contribution >= 4 is 27.5 Å². The smallest absolute Gasteiger partial charge is 0.331 e. The first-order valence-corrected chi connectivity index (χ1v) is 11.0. The topological polar surface area (TPSA) is 61.2 Å². The maximum atomic E-state index is 13.8. The maximum Gasteiger partial charge on any atom is 0.331 e. The summed E-state index contributed by atoms with van der Waals surface area (Å²) in [5.74, 6) is 0.688. The summed E-state index contributed by atoms with van der Waals surface area (Å²) in [4.78, 5) is 33.6. The van der Waals surface area contributed by atoms with Crippen LogP contribution in [0.2, 0.25) is 0 Å². The fourth-order valence-electron chi connectivity index (χ4n) is 4.09. The van der Waals surface area contributed by atoms with Gasteiger partial charge in [0, 0.05) is 10.4 Å². The number of nitrogens with zero attached hydrogens (tertiary/aromatic N) is 2. The largest absolute Gasteiger partial charge is 0.464 e. The predicted octanol–water partition coefficient (Wildman–Crippen LogP) is 4.55. The average molecular weight is 411 g/mol. The van der Waals surface area contributed by atoms with Gasteiger partial charge in [0.05, 0.1) is 12.0 Å². The zero-order valence-corrected chi connectivity index (χ0v) is 18.1. The molecule has 1 atom stereocenters. The van der Waals surface area contributed by atoms with Crippen molar-refractivity contribution in [3.8, 4) is 11.4 Å². The molecule has 29 heavy (non-hydrogen) atoms. The molecule has 0 amide bonds. The highest BCUT2D eigenvalue weighted by Crippen LogP contribution is 2.37. The standard InChI is InChI=1S/C23H26N2O3S/c1-5-28-22(27)23(3,4)25-19(15-9-7-6-8-10-15)24-20-18(21(25)26)16-12-11-14(2)13-17(16)29-20/h6-10,14H,5,11-13H2,1-4H3. The van der Waals surface area contributed by atoms with Gasteiger partial charge in [-0.1, -0.05) is 37.3 Å². The Labute approximate surface area is 174 Å². The Morgan fingerprint density at radius 1 is 1.31 bits per heavy atom. The van der Waals surface area contributed by atoms with E-state index in [2.05, 4.69) is 6.92 Å². The summed E-state index contributed by atoms with van der Waals surface area (Å²) in [6, 6.07) is 9.58. The first-order chi connectivity index (χ1) is 13.8. The van der Waals surface area contributed by atoms with Gasteiger partial charge in [-0.25, -0.2) is 9.78 Å². The molecule has 0 radical (unpaired) electrons. The minimum Gasteiger partial charge on any atom is -0.464 e. The fourth-order valence-corrected chi connectivity index (χ4v) is 5.46. The van der Waals surface area contributed by atoms with Crippen LogP contribution < -0.4 is 5.56 Å². The molecule has 0 fully saturated rings. The third-order valence-electron chi connectivity index (χ3n) is 5.70. The molecule has 0 N–H and O–H groups in total. The van der Waals surface area contributed by atoms with Crippen molar-refractivity contribution in [2.45, 2.75) is 52.5 Å². The summed E-state index contributed by atoms with van der Waals surface area (Å²) in [6.45, 7) is 7.74. The molecular formula is C23H26N2O3S. The third-order valence-corrected chi connectivity index (χ3v) is 6.84. The number of hydrogen-bond acceptors (Lipinski definition) is 5. The number of aromatic nitrogens is 2. The van der Waals surface area contributed by atoms with E-state index in [0.29, 0.717) is 17.1 Å².